The summed E-state index contributed by atoms with van der Waals surface area (Å²) in [6.07, 6.45) is 1.25. The molecule has 0 aromatic heterocycles. The van der Waals surface area contributed by atoms with Gasteiger partial charge in [-0.25, -0.2) is 0 Å². The van der Waals surface area contributed by atoms with Crippen molar-refractivity contribution in [1.29, 1.82) is 0 Å². The Morgan fingerprint density at radius 3 is 1.74 bits per heavy atom. The van der Waals surface area contributed by atoms with Crippen LogP contribution in [0.3, 0.4) is 0 Å². The number of hydrogen-bond donors (Lipinski definition) is 0. The van der Waals surface area contributed by atoms with E-state index in [4.69, 9.17) is 17.4 Å². The molecule has 23 heavy (non-hydrogen) atoms. The predicted molar refractivity (Wildman–Crippen MR) is 106 cm³/mol. The first-order chi connectivity index (χ1) is 10.2. The van der Waals surface area contributed by atoms with E-state index in [-0.39, 0.29) is 6.10 Å². The van der Waals surface area contributed by atoms with Gasteiger partial charge in [-0.1, -0.05) is 13.8 Å². The van der Waals surface area contributed by atoms with Crippen molar-refractivity contribution in [3.63, 3.8) is 0 Å². The van der Waals surface area contributed by atoms with Crippen LogP contribution in [0, 0.1) is 11.8 Å². The zero-order valence-corrected chi connectivity index (χ0v) is 20.3. The number of hydrogen-bond acceptors (Lipinski definition) is 4. The Hall–Kier alpha value is 0.491. The minimum atomic E-state index is -2.01. The van der Waals surface area contributed by atoms with Crippen LogP contribution in [0.15, 0.2) is 0 Å². The minimum absolute atomic E-state index is 0.220. The second-order valence-electron chi connectivity index (χ2n) is 8.65. The minimum Gasteiger partial charge on any atom is -0.436 e. The average Bonchev–Trinajstić information content (AvgIpc) is 2.32. The third-order valence-electron chi connectivity index (χ3n) is 3.90. The predicted octanol–water partition coefficient (Wildman–Crippen LogP) is 4.97. The molecule has 0 bridgehead atoms. The topological polar surface area (TPSA) is 36.9 Å². The molecule has 3 atom stereocenters. The summed E-state index contributed by atoms with van der Waals surface area (Å²) in [5.74, 6) is 1.04. The normalized spacial score (nSPS) is 17.9. The summed E-state index contributed by atoms with van der Waals surface area (Å²) in [7, 11) is -3.77. The molecule has 0 aliphatic heterocycles. The first-order valence-electron chi connectivity index (χ1n) is 8.74. The zero-order valence-electron chi connectivity index (χ0n) is 17.3. The monoisotopic (exact) mass is 380 g/mol. The van der Waals surface area contributed by atoms with E-state index >= 15 is 0 Å². The molecule has 0 rings (SSSR count). The zero-order chi connectivity index (χ0) is 18.5. The van der Waals surface area contributed by atoms with E-state index < -0.39 is 25.4 Å². The Labute approximate surface area is 147 Å². The van der Waals surface area contributed by atoms with E-state index in [0.717, 1.165) is 13.0 Å². The highest BCUT2D eigenvalue weighted by molar-refractivity contribution is 6.81. The van der Waals surface area contributed by atoms with E-state index in [0.29, 0.717) is 11.8 Å². The second-order valence-corrected chi connectivity index (χ2v) is 20.2. The lowest BCUT2D eigenvalue weighted by atomic mass is 9.92. The summed E-state index contributed by atoms with van der Waals surface area (Å²) in [6, 6.07) is 0. The van der Waals surface area contributed by atoms with Crippen LogP contribution < -0.4 is 0 Å². The molecular weight excluding hydrogens is 340 g/mol. The molecular formula is C16H40O4Si3. The molecule has 0 aromatic carbocycles. The Morgan fingerprint density at radius 1 is 0.783 bits per heavy atom. The van der Waals surface area contributed by atoms with E-state index in [1.165, 1.54) is 0 Å². The highest BCUT2D eigenvalue weighted by atomic mass is 28.4. The standard InChI is InChI=1S/C16H40O4Si3/c1-14(12-16(3)19-22(8,9)17-4)15(2)13-18-23(10,11)20-21(5,6)7/h14-16H,12-13H2,1-11H3. The van der Waals surface area contributed by atoms with E-state index in [1.54, 1.807) is 7.11 Å². The first kappa shape index (κ1) is 23.5. The lowest BCUT2D eigenvalue weighted by molar-refractivity contribution is 0.106. The fourth-order valence-electron chi connectivity index (χ4n) is 2.60. The van der Waals surface area contributed by atoms with Crippen LogP contribution in [0.1, 0.15) is 27.2 Å². The summed E-state index contributed by atoms with van der Waals surface area (Å²) in [6.45, 7) is 22.6. The summed E-state index contributed by atoms with van der Waals surface area (Å²) in [4.78, 5) is 0. The lowest BCUT2D eigenvalue weighted by Gasteiger charge is -2.33. The fraction of sp³-hybridized carbons (Fsp3) is 1.00. The Kier molecular flexibility index (Phi) is 9.46. The third-order valence-corrected chi connectivity index (χ3v) is 11.1. The largest absolute Gasteiger partial charge is 0.436 e. The SMILES string of the molecule is CO[Si](C)(C)OC(C)CC(C)C(C)CO[Si](C)(C)O[Si](C)(C)C. The van der Waals surface area contributed by atoms with Crippen molar-refractivity contribution in [2.75, 3.05) is 13.7 Å². The van der Waals surface area contributed by atoms with Gasteiger partial charge in [-0.05, 0) is 71.0 Å². The van der Waals surface area contributed by atoms with Crippen molar-refractivity contribution < 1.29 is 17.4 Å². The second kappa shape index (κ2) is 9.26. The molecule has 0 amide bonds. The van der Waals surface area contributed by atoms with Crippen LogP contribution in [0.25, 0.3) is 0 Å². The molecule has 0 radical (unpaired) electrons. The highest BCUT2D eigenvalue weighted by Gasteiger charge is 2.33. The van der Waals surface area contributed by atoms with Crippen LogP contribution in [-0.2, 0) is 17.4 Å². The molecule has 0 aromatic rings. The van der Waals surface area contributed by atoms with E-state index in [9.17, 15) is 0 Å². The van der Waals surface area contributed by atoms with Gasteiger partial charge in [0.2, 0.25) is 0 Å². The Balaban J connectivity index is 4.32. The van der Waals surface area contributed by atoms with Gasteiger partial charge >= 0.3 is 17.1 Å². The molecule has 0 saturated carbocycles. The van der Waals surface area contributed by atoms with Crippen molar-refractivity contribution in [3.05, 3.63) is 0 Å². The molecule has 3 unspecified atom stereocenters. The molecule has 7 heteroatoms. The van der Waals surface area contributed by atoms with Gasteiger partial charge in [0.1, 0.15) is 0 Å². The lowest BCUT2D eigenvalue weighted by Crippen LogP contribution is -2.45. The van der Waals surface area contributed by atoms with Crippen molar-refractivity contribution in [1.82, 2.24) is 0 Å². The van der Waals surface area contributed by atoms with Gasteiger partial charge in [-0.15, -0.1) is 0 Å². The van der Waals surface area contributed by atoms with Crippen LogP contribution in [0.4, 0.5) is 0 Å². The molecule has 0 heterocycles. The van der Waals surface area contributed by atoms with Crippen LogP contribution in [0.5, 0.6) is 0 Å². The maximum Gasteiger partial charge on any atom is 0.331 e. The van der Waals surface area contributed by atoms with Crippen molar-refractivity contribution in [2.45, 2.75) is 79.1 Å². The van der Waals surface area contributed by atoms with Crippen molar-refractivity contribution in [2.24, 2.45) is 11.8 Å². The molecule has 140 valence electrons. The smallest absolute Gasteiger partial charge is 0.331 e. The van der Waals surface area contributed by atoms with E-state index in [1.807, 2.05) is 0 Å². The summed E-state index contributed by atoms with van der Waals surface area (Å²) >= 11 is 0. The van der Waals surface area contributed by atoms with E-state index in [2.05, 4.69) is 66.6 Å². The van der Waals surface area contributed by atoms with Gasteiger partial charge in [0.05, 0.1) is 0 Å². The maximum atomic E-state index is 6.24. The molecule has 0 aliphatic carbocycles. The molecule has 0 aliphatic rings. The third kappa shape index (κ3) is 11.6. The molecule has 0 spiro atoms. The molecule has 4 nitrogen and oxygen atoms in total. The van der Waals surface area contributed by atoms with Gasteiger partial charge in [-0.3, -0.25) is 0 Å². The number of rotatable bonds is 11. The maximum absolute atomic E-state index is 6.24. The molecule has 0 N–H and O–H groups in total. The quantitative estimate of drug-likeness (QED) is 0.474. The van der Waals surface area contributed by atoms with Gasteiger partial charge in [0.15, 0.2) is 8.32 Å². The van der Waals surface area contributed by atoms with Gasteiger partial charge in [-0.2, -0.15) is 0 Å². The van der Waals surface area contributed by atoms with Gasteiger partial charge in [0, 0.05) is 19.8 Å². The van der Waals surface area contributed by atoms with Crippen LogP contribution >= 0.6 is 0 Å². The van der Waals surface area contributed by atoms with Gasteiger partial charge in [0.25, 0.3) is 0 Å². The summed E-state index contributed by atoms with van der Waals surface area (Å²) < 4.78 is 24.0. The fourth-order valence-corrected chi connectivity index (χ4v) is 10.6. The van der Waals surface area contributed by atoms with Crippen molar-refractivity contribution in [3.8, 4) is 0 Å². The Bertz CT molecular complexity index is 343. The van der Waals surface area contributed by atoms with Crippen LogP contribution in [-0.4, -0.2) is 45.3 Å². The van der Waals surface area contributed by atoms with Gasteiger partial charge < -0.3 is 17.4 Å². The Morgan fingerprint density at radius 2 is 1.30 bits per heavy atom. The first-order valence-corrected chi connectivity index (χ1v) is 17.8. The highest BCUT2D eigenvalue weighted by Crippen LogP contribution is 2.23. The molecule has 0 saturated heterocycles. The molecule has 0 fully saturated rings. The van der Waals surface area contributed by atoms with Crippen molar-refractivity contribution >= 4 is 25.4 Å². The summed E-state index contributed by atoms with van der Waals surface area (Å²) in [5, 5.41) is 0. The van der Waals surface area contributed by atoms with Crippen LogP contribution in [0.2, 0.25) is 45.8 Å². The summed E-state index contributed by atoms with van der Waals surface area (Å²) in [5.41, 5.74) is 0. The average molecular weight is 381 g/mol.